The minimum atomic E-state index is 0.133. The lowest BCUT2D eigenvalue weighted by Gasteiger charge is -2.07. The zero-order valence-electron chi connectivity index (χ0n) is 10.1. The number of halogens is 1. The van der Waals surface area contributed by atoms with Gasteiger partial charge in [-0.1, -0.05) is 29.8 Å². The first-order chi connectivity index (χ1) is 9.25. The van der Waals surface area contributed by atoms with E-state index in [1.807, 2.05) is 30.5 Å². The van der Waals surface area contributed by atoms with E-state index < -0.39 is 0 Å². The number of aromatic hydroxyl groups is 1. The van der Waals surface area contributed by atoms with Gasteiger partial charge in [-0.15, -0.1) is 0 Å². The molecular weight excluding hydrogens is 262 g/mol. The Morgan fingerprint density at radius 3 is 2.79 bits per heavy atom. The van der Waals surface area contributed by atoms with Crippen molar-refractivity contribution in [3.05, 3.63) is 59.2 Å². The molecule has 0 unspecified atom stereocenters. The second kappa shape index (κ2) is 4.86. The second-order valence-corrected chi connectivity index (χ2v) is 4.64. The fourth-order valence-corrected chi connectivity index (χ4v) is 2.35. The fourth-order valence-electron chi connectivity index (χ4n) is 2.06. The van der Waals surface area contributed by atoms with Crippen LogP contribution in [0.2, 0.25) is 5.02 Å². The summed E-state index contributed by atoms with van der Waals surface area (Å²) in [4.78, 5) is 3.15. The van der Waals surface area contributed by atoms with Gasteiger partial charge in [-0.3, -0.25) is 0 Å². The first kappa shape index (κ1) is 11.9. The highest BCUT2D eigenvalue weighted by Crippen LogP contribution is 2.29. The summed E-state index contributed by atoms with van der Waals surface area (Å²) < 4.78 is 5.62. The first-order valence-electron chi connectivity index (χ1n) is 5.91. The summed E-state index contributed by atoms with van der Waals surface area (Å²) in [6.07, 6.45) is 1.87. The van der Waals surface area contributed by atoms with Crippen LogP contribution >= 0.6 is 11.6 Å². The highest BCUT2D eigenvalue weighted by molar-refractivity contribution is 6.35. The molecular formula is C15H12ClNO2. The molecule has 0 amide bonds. The third-order valence-electron chi connectivity index (χ3n) is 2.99. The molecule has 3 rings (SSSR count). The van der Waals surface area contributed by atoms with E-state index in [4.69, 9.17) is 16.3 Å². The summed E-state index contributed by atoms with van der Waals surface area (Å²) in [6.45, 7) is 0.349. The van der Waals surface area contributed by atoms with Gasteiger partial charge in [0.2, 0.25) is 0 Å². The summed E-state index contributed by atoms with van der Waals surface area (Å²) in [5.41, 5.74) is 1.94. The number of hydrogen-bond donors (Lipinski definition) is 2. The van der Waals surface area contributed by atoms with Gasteiger partial charge in [0.25, 0.3) is 0 Å². The van der Waals surface area contributed by atoms with Crippen molar-refractivity contribution in [3.63, 3.8) is 0 Å². The molecule has 1 aromatic heterocycles. The Kier molecular flexibility index (Phi) is 3.05. The maximum absolute atomic E-state index is 9.65. The van der Waals surface area contributed by atoms with Crippen LogP contribution in [0.3, 0.4) is 0 Å². The van der Waals surface area contributed by atoms with Crippen LogP contribution in [-0.2, 0) is 6.61 Å². The van der Waals surface area contributed by atoms with Gasteiger partial charge in [-0.25, -0.2) is 0 Å². The Hall–Kier alpha value is -2.13. The van der Waals surface area contributed by atoms with Crippen LogP contribution in [0.15, 0.2) is 48.7 Å². The van der Waals surface area contributed by atoms with Gasteiger partial charge in [0.1, 0.15) is 6.61 Å². The van der Waals surface area contributed by atoms with Crippen molar-refractivity contribution in [1.82, 2.24) is 4.98 Å². The quantitative estimate of drug-likeness (QED) is 0.754. The fraction of sp³-hybridized carbons (Fsp3) is 0.0667. The standard InChI is InChI=1S/C15H12ClNO2/c16-11-4-3-5-12-15(11)10(8-17-12)9-19-14-7-2-1-6-13(14)18/h1-8,17-18H,9H2. The number of ether oxygens (including phenoxy) is 1. The van der Waals surface area contributed by atoms with E-state index in [0.29, 0.717) is 17.4 Å². The molecule has 0 atom stereocenters. The Labute approximate surface area is 115 Å². The Morgan fingerprint density at radius 2 is 1.95 bits per heavy atom. The zero-order valence-corrected chi connectivity index (χ0v) is 10.8. The minimum absolute atomic E-state index is 0.133. The lowest BCUT2D eigenvalue weighted by molar-refractivity contribution is 0.290. The molecule has 0 bridgehead atoms. The average molecular weight is 274 g/mol. The number of benzene rings is 2. The second-order valence-electron chi connectivity index (χ2n) is 4.23. The number of fused-ring (bicyclic) bond motifs is 1. The number of aromatic nitrogens is 1. The molecule has 2 aromatic carbocycles. The smallest absolute Gasteiger partial charge is 0.161 e. The molecule has 0 fully saturated rings. The molecule has 0 saturated carbocycles. The maximum atomic E-state index is 9.65. The van der Waals surface area contributed by atoms with Gasteiger partial charge in [0.15, 0.2) is 11.5 Å². The summed E-state index contributed by atoms with van der Waals surface area (Å²) in [5.74, 6) is 0.595. The van der Waals surface area contributed by atoms with Crippen molar-refractivity contribution >= 4 is 22.5 Å². The van der Waals surface area contributed by atoms with Crippen LogP contribution in [0.4, 0.5) is 0 Å². The van der Waals surface area contributed by atoms with Gasteiger partial charge >= 0.3 is 0 Å². The summed E-state index contributed by atoms with van der Waals surface area (Å²) in [5, 5.41) is 11.3. The van der Waals surface area contributed by atoms with Crippen molar-refractivity contribution in [2.75, 3.05) is 0 Å². The monoisotopic (exact) mass is 273 g/mol. The molecule has 0 radical (unpaired) electrons. The van der Waals surface area contributed by atoms with E-state index in [-0.39, 0.29) is 5.75 Å². The average Bonchev–Trinajstić information content (AvgIpc) is 2.83. The molecule has 3 aromatic rings. The molecule has 0 aliphatic carbocycles. The molecule has 1 heterocycles. The summed E-state index contributed by atoms with van der Waals surface area (Å²) >= 11 is 6.19. The molecule has 0 aliphatic rings. The SMILES string of the molecule is Oc1ccccc1OCc1c[nH]c2cccc(Cl)c12. The van der Waals surface area contributed by atoms with Crippen LogP contribution in [-0.4, -0.2) is 10.1 Å². The molecule has 96 valence electrons. The van der Waals surface area contributed by atoms with Crippen LogP contribution < -0.4 is 4.74 Å². The van der Waals surface area contributed by atoms with Gasteiger partial charge in [0.05, 0.1) is 5.02 Å². The molecule has 19 heavy (non-hydrogen) atoms. The normalized spacial score (nSPS) is 10.8. The van der Waals surface area contributed by atoms with Crippen LogP contribution in [0.25, 0.3) is 10.9 Å². The third-order valence-corrected chi connectivity index (χ3v) is 3.30. The van der Waals surface area contributed by atoms with Crippen LogP contribution in [0.5, 0.6) is 11.5 Å². The van der Waals surface area contributed by atoms with E-state index in [1.54, 1.807) is 18.2 Å². The molecule has 0 spiro atoms. The van der Waals surface area contributed by atoms with Crippen molar-refractivity contribution in [2.24, 2.45) is 0 Å². The number of phenols is 1. The highest BCUT2D eigenvalue weighted by Gasteiger charge is 2.08. The number of phenolic OH excluding ortho intramolecular Hbond substituents is 1. The maximum Gasteiger partial charge on any atom is 0.161 e. The highest BCUT2D eigenvalue weighted by atomic mass is 35.5. The number of hydrogen-bond acceptors (Lipinski definition) is 2. The van der Waals surface area contributed by atoms with Gasteiger partial charge in [-0.2, -0.15) is 0 Å². The molecule has 3 nitrogen and oxygen atoms in total. The lowest BCUT2D eigenvalue weighted by atomic mass is 10.2. The number of rotatable bonds is 3. The van der Waals surface area contributed by atoms with Crippen molar-refractivity contribution in [3.8, 4) is 11.5 Å². The number of H-pyrrole nitrogens is 1. The number of nitrogens with one attached hydrogen (secondary N) is 1. The number of aromatic amines is 1. The molecule has 2 N–H and O–H groups in total. The van der Waals surface area contributed by atoms with Crippen molar-refractivity contribution in [1.29, 1.82) is 0 Å². The van der Waals surface area contributed by atoms with Crippen molar-refractivity contribution < 1.29 is 9.84 Å². The molecule has 0 saturated heterocycles. The largest absolute Gasteiger partial charge is 0.504 e. The predicted octanol–water partition coefficient (Wildman–Crippen LogP) is 4.11. The first-order valence-corrected chi connectivity index (χ1v) is 6.29. The van der Waals surface area contributed by atoms with Gasteiger partial charge in [-0.05, 0) is 24.3 Å². The number of para-hydroxylation sites is 2. The zero-order chi connectivity index (χ0) is 13.2. The Morgan fingerprint density at radius 1 is 1.11 bits per heavy atom. The van der Waals surface area contributed by atoms with E-state index >= 15 is 0 Å². The van der Waals surface area contributed by atoms with E-state index in [9.17, 15) is 5.11 Å². The molecule has 4 heteroatoms. The van der Waals surface area contributed by atoms with Crippen LogP contribution in [0, 0.1) is 0 Å². The van der Waals surface area contributed by atoms with E-state index in [2.05, 4.69) is 4.98 Å². The van der Waals surface area contributed by atoms with E-state index in [1.165, 1.54) is 0 Å². The summed E-state index contributed by atoms with van der Waals surface area (Å²) in [6, 6.07) is 12.6. The van der Waals surface area contributed by atoms with Crippen molar-refractivity contribution in [2.45, 2.75) is 6.61 Å². The van der Waals surface area contributed by atoms with Gasteiger partial charge < -0.3 is 14.8 Å². The topological polar surface area (TPSA) is 45.2 Å². The predicted molar refractivity (Wildman–Crippen MR) is 75.7 cm³/mol. The molecule has 0 aliphatic heterocycles. The Balaban J connectivity index is 1.89. The summed E-state index contributed by atoms with van der Waals surface area (Å²) in [7, 11) is 0. The minimum Gasteiger partial charge on any atom is -0.504 e. The third kappa shape index (κ3) is 2.25. The van der Waals surface area contributed by atoms with E-state index in [0.717, 1.165) is 16.5 Å². The van der Waals surface area contributed by atoms with Crippen LogP contribution in [0.1, 0.15) is 5.56 Å². The lowest BCUT2D eigenvalue weighted by Crippen LogP contribution is -1.94. The van der Waals surface area contributed by atoms with Gasteiger partial charge in [0, 0.05) is 22.7 Å². The Bertz CT molecular complexity index is 721.